The van der Waals surface area contributed by atoms with Crippen LogP contribution in [-0.2, 0) is 4.79 Å². The van der Waals surface area contributed by atoms with Crippen LogP contribution >= 0.6 is 0 Å². The Kier molecular flexibility index (Phi) is 3.13. The van der Waals surface area contributed by atoms with E-state index in [4.69, 9.17) is 5.11 Å². The summed E-state index contributed by atoms with van der Waals surface area (Å²) >= 11 is 0. The first-order valence-electron chi connectivity index (χ1n) is 5.93. The van der Waals surface area contributed by atoms with Crippen LogP contribution in [0.1, 0.15) is 37.1 Å². The van der Waals surface area contributed by atoms with Gasteiger partial charge in [-0.25, -0.2) is 4.79 Å². The van der Waals surface area contributed by atoms with Crippen LogP contribution in [0, 0.1) is 6.92 Å². The number of aliphatic carboxylic acids is 1. The Hall–Kier alpha value is -1.81. The zero-order valence-electron chi connectivity index (χ0n) is 10.7. The lowest BCUT2D eigenvalue weighted by atomic mass is 10.1. The van der Waals surface area contributed by atoms with Crippen molar-refractivity contribution in [3.05, 3.63) is 35.5 Å². The molecule has 1 heterocycles. The predicted octanol–water partition coefficient (Wildman–Crippen LogP) is 2.65. The van der Waals surface area contributed by atoms with E-state index in [2.05, 4.69) is 0 Å². The monoisotopic (exact) mass is 247 g/mol. The first-order chi connectivity index (χ1) is 8.41. The molecule has 0 fully saturated rings. The number of fused-ring (bicyclic) bond motifs is 1. The number of aromatic nitrogens is 1. The van der Waals surface area contributed by atoms with Crippen LogP contribution in [0.4, 0.5) is 0 Å². The molecule has 1 aromatic carbocycles. The minimum absolute atomic E-state index is 0.213. The summed E-state index contributed by atoms with van der Waals surface area (Å²) in [6, 6.07) is 6.07. The van der Waals surface area contributed by atoms with Crippen LogP contribution < -0.4 is 0 Å². The summed E-state index contributed by atoms with van der Waals surface area (Å²) in [5, 5.41) is 19.5. The van der Waals surface area contributed by atoms with Crippen LogP contribution in [0.2, 0.25) is 0 Å². The first kappa shape index (κ1) is 12.6. The molecule has 2 aromatic rings. The van der Waals surface area contributed by atoms with Gasteiger partial charge in [-0.05, 0) is 32.9 Å². The van der Waals surface area contributed by atoms with E-state index in [0.29, 0.717) is 5.56 Å². The molecule has 0 saturated carbocycles. The van der Waals surface area contributed by atoms with E-state index >= 15 is 0 Å². The predicted molar refractivity (Wildman–Crippen MR) is 69.7 cm³/mol. The van der Waals surface area contributed by atoms with Crippen molar-refractivity contribution >= 4 is 16.9 Å². The second-order valence-electron chi connectivity index (χ2n) is 4.85. The van der Waals surface area contributed by atoms with Crippen molar-refractivity contribution in [2.45, 2.75) is 32.9 Å². The highest BCUT2D eigenvalue weighted by Crippen LogP contribution is 2.30. The maximum absolute atomic E-state index is 10.9. The molecule has 1 unspecified atom stereocenters. The number of carbonyl (C=O) groups is 1. The third-order valence-electron chi connectivity index (χ3n) is 3.10. The summed E-state index contributed by atoms with van der Waals surface area (Å²) in [7, 11) is 0. The summed E-state index contributed by atoms with van der Waals surface area (Å²) in [6.07, 6.45) is 0.252. The van der Waals surface area contributed by atoms with Crippen molar-refractivity contribution in [3.63, 3.8) is 0 Å². The van der Waals surface area contributed by atoms with Crippen molar-refractivity contribution < 1.29 is 15.0 Å². The highest BCUT2D eigenvalue weighted by atomic mass is 16.4. The standard InChI is InChI=1S/C14H17NO3/c1-8(2)15-7-11(13(16)14(17)18)10-6-9(3)4-5-12(10)15/h4-8,13,16H,1-3H3,(H,17,18). The lowest BCUT2D eigenvalue weighted by Gasteiger charge is -2.08. The van der Waals surface area contributed by atoms with Gasteiger partial charge in [0.25, 0.3) is 0 Å². The summed E-state index contributed by atoms with van der Waals surface area (Å²) in [5.41, 5.74) is 2.45. The second kappa shape index (κ2) is 4.46. The molecule has 0 amide bonds. The number of carboxylic acid groups (broad SMARTS) is 1. The first-order valence-corrected chi connectivity index (χ1v) is 5.93. The molecule has 4 heteroatoms. The summed E-state index contributed by atoms with van der Waals surface area (Å²) < 4.78 is 1.98. The van der Waals surface area contributed by atoms with Gasteiger partial charge in [0.05, 0.1) is 0 Å². The van der Waals surface area contributed by atoms with Gasteiger partial charge in [0.1, 0.15) is 0 Å². The highest BCUT2D eigenvalue weighted by molar-refractivity contribution is 5.89. The fraction of sp³-hybridized carbons (Fsp3) is 0.357. The molecular formula is C14H17NO3. The van der Waals surface area contributed by atoms with Gasteiger partial charge < -0.3 is 14.8 Å². The van der Waals surface area contributed by atoms with Gasteiger partial charge in [-0.15, -0.1) is 0 Å². The van der Waals surface area contributed by atoms with Crippen LogP contribution in [0.25, 0.3) is 10.9 Å². The Morgan fingerprint density at radius 1 is 1.33 bits per heavy atom. The van der Waals surface area contributed by atoms with E-state index in [1.165, 1.54) is 0 Å². The molecule has 0 spiro atoms. The van der Waals surface area contributed by atoms with E-state index < -0.39 is 12.1 Å². The zero-order valence-corrected chi connectivity index (χ0v) is 10.7. The molecule has 1 atom stereocenters. The number of benzene rings is 1. The maximum atomic E-state index is 10.9. The molecule has 0 saturated heterocycles. The average Bonchev–Trinajstić information content (AvgIpc) is 2.66. The van der Waals surface area contributed by atoms with Gasteiger partial charge in [-0.1, -0.05) is 11.6 Å². The molecule has 0 aliphatic rings. The van der Waals surface area contributed by atoms with Crippen LogP contribution in [0.3, 0.4) is 0 Å². The summed E-state index contributed by atoms with van der Waals surface area (Å²) in [6.45, 7) is 6.00. The maximum Gasteiger partial charge on any atom is 0.337 e. The second-order valence-corrected chi connectivity index (χ2v) is 4.85. The molecule has 0 radical (unpaired) electrons. The zero-order chi connectivity index (χ0) is 13.4. The number of rotatable bonds is 3. The van der Waals surface area contributed by atoms with Crippen LogP contribution in [-0.4, -0.2) is 20.7 Å². The molecule has 0 aliphatic carbocycles. The Balaban J connectivity index is 2.73. The molecular weight excluding hydrogens is 230 g/mol. The summed E-state index contributed by atoms with van der Waals surface area (Å²) in [4.78, 5) is 10.9. The van der Waals surface area contributed by atoms with Crippen LogP contribution in [0.5, 0.6) is 0 Å². The minimum Gasteiger partial charge on any atom is -0.479 e. The van der Waals surface area contributed by atoms with Crippen molar-refractivity contribution in [2.75, 3.05) is 0 Å². The number of aliphatic hydroxyl groups excluding tert-OH is 1. The Morgan fingerprint density at radius 2 is 2.00 bits per heavy atom. The smallest absolute Gasteiger partial charge is 0.337 e. The van der Waals surface area contributed by atoms with Crippen molar-refractivity contribution in [3.8, 4) is 0 Å². The molecule has 18 heavy (non-hydrogen) atoms. The van der Waals surface area contributed by atoms with Crippen molar-refractivity contribution in [1.82, 2.24) is 4.57 Å². The van der Waals surface area contributed by atoms with E-state index in [1.807, 2.05) is 43.5 Å². The lowest BCUT2D eigenvalue weighted by Crippen LogP contribution is -2.10. The number of aliphatic hydroxyl groups is 1. The van der Waals surface area contributed by atoms with E-state index in [0.717, 1.165) is 16.5 Å². The van der Waals surface area contributed by atoms with Crippen molar-refractivity contribution in [2.24, 2.45) is 0 Å². The van der Waals surface area contributed by atoms with Gasteiger partial charge in [0.2, 0.25) is 0 Å². The third-order valence-corrected chi connectivity index (χ3v) is 3.10. The molecule has 0 bridgehead atoms. The topological polar surface area (TPSA) is 62.5 Å². The number of hydrogen-bond acceptors (Lipinski definition) is 2. The van der Waals surface area contributed by atoms with Gasteiger partial charge >= 0.3 is 5.97 Å². The van der Waals surface area contributed by atoms with Gasteiger partial charge in [-0.3, -0.25) is 0 Å². The highest BCUT2D eigenvalue weighted by Gasteiger charge is 2.22. The number of hydrogen-bond donors (Lipinski definition) is 2. The molecule has 96 valence electrons. The number of aryl methyl sites for hydroxylation is 1. The molecule has 2 N–H and O–H groups in total. The third kappa shape index (κ3) is 1.99. The van der Waals surface area contributed by atoms with Crippen LogP contribution in [0.15, 0.2) is 24.4 Å². The van der Waals surface area contributed by atoms with Gasteiger partial charge in [0.15, 0.2) is 6.10 Å². The fourth-order valence-electron chi connectivity index (χ4n) is 2.17. The molecule has 4 nitrogen and oxygen atoms in total. The fourth-order valence-corrected chi connectivity index (χ4v) is 2.17. The summed E-state index contributed by atoms with van der Waals surface area (Å²) in [5.74, 6) is -1.22. The van der Waals surface area contributed by atoms with Gasteiger partial charge in [0, 0.05) is 28.7 Å². The van der Waals surface area contributed by atoms with Gasteiger partial charge in [-0.2, -0.15) is 0 Å². The quantitative estimate of drug-likeness (QED) is 0.876. The average molecular weight is 247 g/mol. The SMILES string of the molecule is Cc1ccc2c(c1)c(C(O)C(=O)O)cn2C(C)C. The van der Waals surface area contributed by atoms with E-state index in [9.17, 15) is 9.90 Å². The Bertz CT molecular complexity index is 598. The van der Waals surface area contributed by atoms with E-state index in [-0.39, 0.29) is 6.04 Å². The number of nitrogens with zero attached hydrogens (tertiary/aromatic N) is 1. The largest absolute Gasteiger partial charge is 0.479 e. The Labute approximate surface area is 105 Å². The lowest BCUT2D eigenvalue weighted by molar-refractivity contribution is -0.146. The van der Waals surface area contributed by atoms with Crippen molar-refractivity contribution in [1.29, 1.82) is 0 Å². The van der Waals surface area contributed by atoms with E-state index in [1.54, 1.807) is 6.20 Å². The number of carboxylic acids is 1. The Morgan fingerprint density at radius 3 is 2.56 bits per heavy atom. The normalized spacial score (nSPS) is 13.2. The molecule has 2 rings (SSSR count). The molecule has 1 aromatic heterocycles. The molecule has 0 aliphatic heterocycles. The minimum atomic E-state index is -1.48.